The average molecular weight is 349 g/mol. The van der Waals surface area contributed by atoms with E-state index in [0.717, 1.165) is 6.26 Å². The SMILES string of the molecule is C/C=C\C(C)=C(C)C.COCC(C)OC(=O)CCCS(C)(=O)=O. The van der Waals surface area contributed by atoms with Gasteiger partial charge in [-0.05, 0) is 41.0 Å². The van der Waals surface area contributed by atoms with Crippen LogP contribution >= 0.6 is 0 Å². The van der Waals surface area contributed by atoms with Crippen molar-refractivity contribution in [1.82, 2.24) is 0 Å². The minimum Gasteiger partial charge on any atom is -0.460 e. The summed E-state index contributed by atoms with van der Waals surface area (Å²) >= 11 is 0. The van der Waals surface area contributed by atoms with Gasteiger partial charge in [-0.2, -0.15) is 0 Å². The van der Waals surface area contributed by atoms with Crippen LogP contribution in [0.25, 0.3) is 0 Å². The van der Waals surface area contributed by atoms with Crippen LogP contribution in [-0.4, -0.2) is 46.2 Å². The molecule has 0 heterocycles. The molecule has 0 bridgehead atoms. The summed E-state index contributed by atoms with van der Waals surface area (Å²) in [5.74, 6) is -0.371. The fourth-order valence-corrected chi connectivity index (χ4v) is 2.12. The lowest BCUT2D eigenvalue weighted by Gasteiger charge is -2.11. The van der Waals surface area contributed by atoms with Gasteiger partial charge in [0, 0.05) is 19.8 Å². The first-order valence-corrected chi connectivity index (χ1v) is 9.72. The molecule has 0 aliphatic rings. The van der Waals surface area contributed by atoms with E-state index in [1.807, 2.05) is 6.92 Å². The minimum absolute atomic E-state index is 0.0146. The van der Waals surface area contributed by atoms with Crippen LogP contribution in [0.4, 0.5) is 0 Å². The standard InChI is InChI=1S/C9H18O5S.C8H14/c1-8(7-13-2)14-9(10)5-4-6-15(3,11)12;1-5-6-8(4)7(2)3/h8H,4-7H2,1-3H3;5-6H,1-4H3/b;6-5-. The summed E-state index contributed by atoms with van der Waals surface area (Å²) in [5, 5.41) is 0. The van der Waals surface area contributed by atoms with Crippen molar-refractivity contribution in [3.63, 3.8) is 0 Å². The van der Waals surface area contributed by atoms with Gasteiger partial charge in [0.25, 0.3) is 0 Å². The van der Waals surface area contributed by atoms with Crippen LogP contribution in [-0.2, 0) is 24.1 Å². The lowest BCUT2D eigenvalue weighted by Crippen LogP contribution is -2.20. The summed E-state index contributed by atoms with van der Waals surface area (Å²) in [7, 11) is -1.47. The molecule has 0 aromatic rings. The van der Waals surface area contributed by atoms with E-state index in [-0.39, 0.29) is 24.2 Å². The van der Waals surface area contributed by atoms with Crippen molar-refractivity contribution >= 4 is 15.8 Å². The van der Waals surface area contributed by atoms with E-state index >= 15 is 0 Å². The highest BCUT2D eigenvalue weighted by molar-refractivity contribution is 7.90. The summed E-state index contributed by atoms with van der Waals surface area (Å²) in [5.41, 5.74) is 2.76. The number of allylic oxidation sites excluding steroid dienone is 4. The van der Waals surface area contributed by atoms with Gasteiger partial charge in [0.05, 0.1) is 12.4 Å². The van der Waals surface area contributed by atoms with Crippen molar-refractivity contribution < 1.29 is 22.7 Å². The Morgan fingerprint density at radius 2 is 1.78 bits per heavy atom. The molecule has 0 aromatic carbocycles. The number of methoxy groups -OCH3 is 1. The second kappa shape index (κ2) is 13.3. The molecule has 1 unspecified atom stereocenters. The maximum atomic E-state index is 11.1. The fourth-order valence-electron chi connectivity index (χ4n) is 1.45. The number of sulfone groups is 1. The highest BCUT2D eigenvalue weighted by Crippen LogP contribution is 2.02. The van der Waals surface area contributed by atoms with Gasteiger partial charge < -0.3 is 9.47 Å². The summed E-state index contributed by atoms with van der Waals surface area (Å²) in [6, 6.07) is 0. The average Bonchev–Trinajstić information content (AvgIpc) is 2.38. The molecule has 136 valence electrons. The summed E-state index contributed by atoms with van der Waals surface area (Å²) in [4.78, 5) is 11.1. The Balaban J connectivity index is 0. The van der Waals surface area contributed by atoms with Gasteiger partial charge in [-0.3, -0.25) is 4.79 Å². The van der Waals surface area contributed by atoms with Gasteiger partial charge in [0.1, 0.15) is 15.9 Å². The van der Waals surface area contributed by atoms with E-state index in [9.17, 15) is 13.2 Å². The predicted molar refractivity (Wildman–Crippen MR) is 95.2 cm³/mol. The molecule has 0 radical (unpaired) electrons. The Labute approximate surface area is 141 Å². The maximum absolute atomic E-state index is 11.1. The summed E-state index contributed by atoms with van der Waals surface area (Å²) in [6.45, 7) is 10.5. The van der Waals surface area contributed by atoms with E-state index in [2.05, 4.69) is 32.9 Å². The van der Waals surface area contributed by atoms with Gasteiger partial charge in [-0.15, -0.1) is 0 Å². The van der Waals surface area contributed by atoms with Crippen LogP contribution in [0.1, 0.15) is 47.5 Å². The van der Waals surface area contributed by atoms with Crippen molar-refractivity contribution in [2.75, 3.05) is 25.7 Å². The topological polar surface area (TPSA) is 69.7 Å². The van der Waals surface area contributed by atoms with Crippen molar-refractivity contribution in [1.29, 1.82) is 0 Å². The third-order valence-electron chi connectivity index (χ3n) is 2.84. The zero-order chi connectivity index (χ0) is 18.5. The van der Waals surface area contributed by atoms with Crippen LogP contribution in [0.15, 0.2) is 23.3 Å². The van der Waals surface area contributed by atoms with Crippen molar-refractivity contribution in [2.45, 2.75) is 53.6 Å². The molecule has 0 rings (SSSR count). The van der Waals surface area contributed by atoms with E-state index in [0.29, 0.717) is 13.0 Å². The number of hydrogen-bond acceptors (Lipinski definition) is 5. The molecule has 6 heteroatoms. The Morgan fingerprint density at radius 3 is 2.13 bits per heavy atom. The van der Waals surface area contributed by atoms with E-state index in [1.165, 1.54) is 18.3 Å². The number of esters is 1. The number of carbonyl (C=O) groups excluding carboxylic acids is 1. The smallest absolute Gasteiger partial charge is 0.306 e. The van der Waals surface area contributed by atoms with Crippen LogP contribution in [0.3, 0.4) is 0 Å². The first-order chi connectivity index (χ1) is 10.5. The number of ether oxygens (including phenoxy) is 2. The van der Waals surface area contributed by atoms with Crippen molar-refractivity contribution in [2.24, 2.45) is 0 Å². The summed E-state index contributed by atoms with van der Waals surface area (Å²) < 4.78 is 31.3. The van der Waals surface area contributed by atoms with Gasteiger partial charge >= 0.3 is 5.97 Å². The number of hydrogen-bond donors (Lipinski definition) is 0. The quantitative estimate of drug-likeness (QED) is 0.497. The first-order valence-electron chi connectivity index (χ1n) is 7.66. The highest BCUT2D eigenvalue weighted by Gasteiger charge is 2.10. The molecule has 23 heavy (non-hydrogen) atoms. The highest BCUT2D eigenvalue weighted by atomic mass is 32.2. The van der Waals surface area contributed by atoms with Crippen LogP contribution in [0.2, 0.25) is 0 Å². The molecule has 0 aliphatic carbocycles. The van der Waals surface area contributed by atoms with Gasteiger partial charge in [0.2, 0.25) is 0 Å². The number of carbonyl (C=O) groups is 1. The zero-order valence-corrected chi connectivity index (χ0v) is 16.3. The zero-order valence-electron chi connectivity index (χ0n) is 15.5. The minimum atomic E-state index is -2.99. The Bertz CT molecular complexity index is 485. The van der Waals surface area contributed by atoms with Crippen LogP contribution < -0.4 is 0 Å². The van der Waals surface area contributed by atoms with Gasteiger partial charge in [-0.25, -0.2) is 8.42 Å². The molecule has 0 aliphatic heterocycles. The summed E-state index contributed by atoms with van der Waals surface area (Å²) in [6.07, 6.45) is 5.46. The molecule has 0 fully saturated rings. The Hall–Kier alpha value is -1.14. The molecule has 5 nitrogen and oxygen atoms in total. The molecule has 0 N–H and O–H groups in total. The van der Waals surface area contributed by atoms with E-state index < -0.39 is 9.84 Å². The second-order valence-electron chi connectivity index (χ2n) is 5.67. The van der Waals surface area contributed by atoms with E-state index in [1.54, 1.807) is 6.92 Å². The predicted octanol–water partition coefficient (Wildman–Crippen LogP) is 3.31. The monoisotopic (exact) mass is 348 g/mol. The Kier molecular flexibility index (Phi) is 14.0. The maximum Gasteiger partial charge on any atom is 0.306 e. The van der Waals surface area contributed by atoms with Gasteiger partial charge in [0.15, 0.2) is 0 Å². The normalized spacial score (nSPS) is 12.3. The largest absolute Gasteiger partial charge is 0.460 e. The first kappa shape index (κ1) is 24.1. The molecule has 0 saturated carbocycles. The molecular weight excluding hydrogens is 316 g/mol. The van der Waals surface area contributed by atoms with Gasteiger partial charge in [-0.1, -0.05) is 23.3 Å². The second-order valence-corrected chi connectivity index (χ2v) is 7.93. The Morgan fingerprint density at radius 1 is 1.22 bits per heavy atom. The van der Waals surface area contributed by atoms with Crippen molar-refractivity contribution in [3.05, 3.63) is 23.3 Å². The molecule has 1 atom stereocenters. The third kappa shape index (κ3) is 18.8. The van der Waals surface area contributed by atoms with Crippen LogP contribution in [0, 0.1) is 0 Å². The van der Waals surface area contributed by atoms with E-state index in [4.69, 9.17) is 9.47 Å². The third-order valence-corrected chi connectivity index (χ3v) is 3.87. The number of rotatable bonds is 8. The fraction of sp³-hybridized carbons (Fsp3) is 0.706. The molecule has 0 saturated heterocycles. The molecule has 0 aromatic heterocycles. The molecule has 0 spiro atoms. The van der Waals surface area contributed by atoms with Crippen LogP contribution in [0.5, 0.6) is 0 Å². The lowest BCUT2D eigenvalue weighted by molar-refractivity contribution is -0.150. The molecule has 0 amide bonds. The van der Waals surface area contributed by atoms with Crippen molar-refractivity contribution in [3.8, 4) is 0 Å². The lowest BCUT2D eigenvalue weighted by atomic mass is 10.2. The molecular formula is C17H32O5S.